The third-order valence-electron chi connectivity index (χ3n) is 2.66. The van der Waals surface area contributed by atoms with Crippen LogP contribution in [-0.4, -0.2) is 13.2 Å². The molecule has 0 spiro atoms. The van der Waals surface area contributed by atoms with Gasteiger partial charge in [-0.05, 0) is 36.0 Å². The summed E-state index contributed by atoms with van der Waals surface area (Å²) in [5, 5.41) is 0. The zero-order valence-electron chi connectivity index (χ0n) is 15.2. The van der Waals surface area contributed by atoms with Gasteiger partial charge in [0, 0.05) is 13.2 Å². The zero-order valence-corrected chi connectivity index (χ0v) is 15.2. The van der Waals surface area contributed by atoms with Gasteiger partial charge >= 0.3 is 0 Å². The predicted octanol–water partition coefficient (Wildman–Crippen LogP) is 6.32. The molecule has 0 fully saturated rings. The molecular formula is C18H40O. The highest BCUT2D eigenvalue weighted by molar-refractivity contribution is 4.62. The number of hydrogen-bond donors (Lipinski definition) is 0. The number of unbranched alkanes of at least 4 members (excludes halogenated alkanes) is 1. The molecule has 0 saturated carbocycles. The molecule has 0 saturated heterocycles. The fourth-order valence-corrected chi connectivity index (χ4v) is 1.95. The van der Waals surface area contributed by atoms with Crippen molar-refractivity contribution in [3.8, 4) is 0 Å². The fourth-order valence-electron chi connectivity index (χ4n) is 1.95. The van der Waals surface area contributed by atoms with E-state index in [2.05, 4.69) is 62.3 Å². The first-order chi connectivity index (χ1) is 8.48. The Morgan fingerprint density at radius 2 is 1.37 bits per heavy atom. The molecule has 0 unspecified atom stereocenters. The third-order valence-corrected chi connectivity index (χ3v) is 2.66. The Morgan fingerprint density at radius 3 is 1.63 bits per heavy atom. The van der Waals surface area contributed by atoms with Crippen molar-refractivity contribution in [2.45, 2.75) is 88.0 Å². The van der Waals surface area contributed by atoms with Crippen molar-refractivity contribution in [1.82, 2.24) is 0 Å². The molecule has 0 rings (SSSR count). The van der Waals surface area contributed by atoms with Crippen LogP contribution >= 0.6 is 0 Å². The summed E-state index contributed by atoms with van der Waals surface area (Å²) in [7, 11) is 0. The average Bonchev–Trinajstić information content (AvgIpc) is 2.12. The highest BCUT2D eigenvalue weighted by atomic mass is 16.5. The van der Waals surface area contributed by atoms with Crippen LogP contribution in [0.2, 0.25) is 0 Å². The SMILES string of the molecule is CC(C)CC(C)(C)C.CCCCOCCC(C)(C)C. The molecule has 0 aliphatic heterocycles. The van der Waals surface area contributed by atoms with Crippen LogP contribution in [0.3, 0.4) is 0 Å². The van der Waals surface area contributed by atoms with E-state index in [0.717, 1.165) is 25.6 Å². The molecule has 0 aromatic rings. The molecule has 19 heavy (non-hydrogen) atoms. The molecule has 0 amide bonds. The lowest BCUT2D eigenvalue weighted by atomic mass is 9.86. The normalized spacial score (nSPS) is 12.3. The van der Waals surface area contributed by atoms with Crippen molar-refractivity contribution in [2.75, 3.05) is 13.2 Å². The number of ether oxygens (including phenoxy) is 1. The molecule has 0 aliphatic carbocycles. The summed E-state index contributed by atoms with van der Waals surface area (Å²) in [6.07, 6.45) is 4.92. The molecule has 1 nitrogen and oxygen atoms in total. The van der Waals surface area contributed by atoms with Crippen LogP contribution in [0.4, 0.5) is 0 Å². The van der Waals surface area contributed by atoms with Crippen LogP contribution in [0.5, 0.6) is 0 Å². The molecule has 0 heterocycles. The van der Waals surface area contributed by atoms with Crippen molar-refractivity contribution >= 4 is 0 Å². The first kappa shape index (κ1) is 21.3. The van der Waals surface area contributed by atoms with Gasteiger partial charge < -0.3 is 4.74 Å². The van der Waals surface area contributed by atoms with Gasteiger partial charge in [0.2, 0.25) is 0 Å². The maximum atomic E-state index is 5.45. The molecule has 0 aromatic carbocycles. The van der Waals surface area contributed by atoms with Crippen LogP contribution in [0.25, 0.3) is 0 Å². The molecule has 0 atom stereocenters. The minimum absolute atomic E-state index is 0.423. The van der Waals surface area contributed by atoms with Gasteiger partial charge in [-0.15, -0.1) is 0 Å². The fraction of sp³-hybridized carbons (Fsp3) is 1.00. The minimum atomic E-state index is 0.423. The second-order valence-corrected chi connectivity index (χ2v) is 8.44. The predicted molar refractivity (Wildman–Crippen MR) is 88.7 cm³/mol. The Kier molecular flexibility index (Phi) is 12.0. The summed E-state index contributed by atoms with van der Waals surface area (Å²) in [6.45, 7) is 22.2. The quantitative estimate of drug-likeness (QED) is 0.514. The second kappa shape index (κ2) is 10.7. The minimum Gasteiger partial charge on any atom is -0.381 e. The summed E-state index contributed by atoms with van der Waals surface area (Å²) >= 11 is 0. The summed E-state index contributed by atoms with van der Waals surface area (Å²) in [4.78, 5) is 0. The van der Waals surface area contributed by atoms with E-state index in [-0.39, 0.29) is 0 Å². The largest absolute Gasteiger partial charge is 0.381 e. The van der Waals surface area contributed by atoms with Crippen LogP contribution in [0.1, 0.15) is 88.0 Å². The lowest BCUT2D eigenvalue weighted by Gasteiger charge is -2.19. The van der Waals surface area contributed by atoms with E-state index in [4.69, 9.17) is 4.74 Å². The van der Waals surface area contributed by atoms with Crippen molar-refractivity contribution < 1.29 is 4.74 Å². The van der Waals surface area contributed by atoms with Crippen LogP contribution in [0.15, 0.2) is 0 Å². The van der Waals surface area contributed by atoms with Gasteiger partial charge in [-0.25, -0.2) is 0 Å². The lowest BCUT2D eigenvalue weighted by molar-refractivity contribution is 0.106. The van der Waals surface area contributed by atoms with Crippen molar-refractivity contribution in [3.05, 3.63) is 0 Å². The molecule has 0 N–H and O–H groups in total. The summed E-state index contributed by atoms with van der Waals surface area (Å²) in [5.74, 6) is 0.843. The topological polar surface area (TPSA) is 9.23 Å². The van der Waals surface area contributed by atoms with Gasteiger partial charge in [0.25, 0.3) is 0 Å². The molecule has 0 aromatic heterocycles. The van der Waals surface area contributed by atoms with Crippen LogP contribution < -0.4 is 0 Å². The zero-order chi connectivity index (χ0) is 15.5. The molecule has 0 bridgehead atoms. The molecule has 0 aliphatic rings. The molecule has 118 valence electrons. The van der Waals surface area contributed by atoms with E-state index < -0.39 is 0 Å². The molecule has 0 radical (unpaired) electrons. The first-order valence-corrected chi connectivity index (χ1v) is 8.05. The van der Waals surface area contributed by atoms with E-state index in [1.54, 1.807) is 0 Å². The van der Waals surface area contributed by atoms with Crippen LogP contribution in [0, 0.1) is 16.7 Å². The smallest absolute Gasteiger partial charge is 0.0471 e. The number of rotatable bonds is 6. The number of hydrogen-bond acceptors (Lipinski definition) is 1. The Bertz CT molecular complexity index is 181. The van der Waals surface area contributed by atoms with E-state index in [0.29, 0.717) is 10.8 Å². The molecule has 1 heteroatoms. The standard InChI is InChI=1S/C10H22O.C8H18/c1-5-6-8-11-9-7-10(2,3)4;1-7(2)6-8(3,4)5/h5-9H2,1-4H3;7H,6H2,1-5H3. The maximum absolute atomic E-state index is 5.45. The van der Waals surface area contributed by atoms with E-state index in [1.165, 1.54) is 19.3 Å². The third kappa shape index (κ3) is 27.2. The Hall–Kier alpha value is -0.0400. The van der Waals surface area contributed by atoms with E-state index in [9.17, 15) is 0 Å². The highest BCUT2D eigenvalue weighted by Gasteiger charge is 2.11. The summed E-state index contributed by atoms with van der Waals surface area (Å²) in [5.41, 5.74) is 0.945. The summed E-state index contributed by atoms with van der Waals surface area (Å²) < 4.78 is 5.45. The van der Waals surface area contributed by atoms with Gasteiger partial charge in [-0.2, -0.15) is 0 Å². The average molecular weight is 273 g/mol. The Balaban J connectivity index is 0. The first-order valence-electron chi connectivity index (χ1n) is 8.05. The van der Waals surface area contributed by atoms with E-state index in [1.807, 2.05) is 0 Å². The van der Waals surface area contributed by atoms with Gasteiger partial charge in [0.15, 0.2) is 0 Å². The van der Waals surface area contributed by atoms with Gasteiger partial charge in [0.05, 0.1) is 0 Å². The van der Waals surface area contributed by atoms with Gasteiger partial charge in [-0.3, -0.25) is 0 Å². The van der Waals surface area contributed by atoms with Crippen LogP contribution in [-0.2, 0) is 4.74 Å². The maximum Gasteiger partial charge on any atom is 0.0471 e. The van der Waals surface area contributed by atoms with Crippen molar-refractivity contribution in [2.24, 2.45) is 16.7 Å². The van der Waals surface area contributed by atoms with Crippen molar-refractivity contribution in [3.63, 3.8) is 0 Å². The van der Waals surface area contributed by atoms with Gasteiger partial charge in [0.1, 0.15) is 0 Å². The Labute approximate surface area is 123 Å². The van der Waals surface area contributed by atoms with E-state index >= 15 is 0 Å². The van der Waals surface area contributed by atoms with Gasteiger partial charge in [-0.1, -0.05) is 68.7 Å². The molecular weight excluding hydrogens is 232 g/mol. The summed E-state index contributed by atoms with van der Waals surface area (Å²) in [6, 6.07) is 0. The van der Waals surface area contributed by atoms with Crippen molar-refractivity contribution in [1.29, 1.82) is 0 Å². The lowest BCUT2D eigenvalue weighted by Crippen LogP contribution is -2.09. The monoisotopic (exact) mass is 272 g/mol. The Morgan fingerprint density at radius 1 is 0.842 bits per heavy atom. The second-order valence-electron chi connectivity index (χ2n) is 8.44. The highest BCUT2D eigenvalue weighted by Crippen LogP contribution is 2.23.